The molecular weight excluding hydrogens is 342 g/mol. The summed E-state index contributed by atoms with van der Waals surface area (Å²) in [6, 6.07) is 3.89. The zero-order valence-corrected chi connectivity index (χ0v) is 13.0. The van der Waals surface area contributed by atoms with Crippen LogP contribution in [-0.2, 0) is 16.1 Å². The summed E-state index contributed by atoms with van der Waals surface area (Å²) in [5, 5.41) is 12.2. The number of allylic oxidation sites excluding steroid dienone is 2. The summed E-state index contributed by atoms with van der Waals surface area (Å²) in [4.78, 5) is 24.7. The van der Waals surface area contributed by atoms with Crippen molar-refractivity contribution in [2.24, 2.45) is 23.7 Å². The summed E-state index contributed by atoms with van der Waals surface area (Å²) in [5.74, 6) is -1.90. The molecule has 106 valence electrons. The molecule has 1 aromatic rings. The van der Waals surface area contributed by atoms with Crippen molar-refractivity contribution in [3.63, 3.8) is 0 Å². The van der Waals surface area contributed by atoms with Crippen molar-refractivity contribution in [1.82, 2.24) is 5.32 Å². The van der Waals surface area contributed by atoms with Crippen molar-refractivity contribution >= 4 is 39.1 Å². The predicted octanol–water partition coefficient (Wildman–Crippen LogP) is 2.65. The number of hydrogen-bond acceptors (Lipinski definition) is 3. The van der Waals surface area contributed by atoms with E-state index in [-0.39, 0.29) is 17.7 Å². The highest BCUT2D eigenvalue weighted by Gasteiger charge is 2.51. The molecule has 1 aromatic heterocycles. The lowest BCUT2D eigenvalue weighted by atomic mass is 9.82. The number of halogens is 1. The van der Waals surface area contributed by atoms with Gasteiger partial charge >= 0.3 is 5.97 Å². The van der Waals surface area contributed by atoms with Crippen molar-refractivity contribution < 1.29 is 14.7 Å². The molecule has 1 fully saturated rings. The third-order valence-electron chi connectivity index (χ3n) is 4.11. The van der Waals surface area contributed by atoms with Crippen LogP contribution < -0.4 is 5.32 Å². The first-order chi connectivity index (χ1) is 9.56. The summed E-state index contributed by atoms with van der Waals surface area (Å²) in [7, 11) is 0. The number of carboxylic acid groups (broad SMARTS) is 1. The van der Waals surface area contributed by atoms with E-state index in [2.05, 4.69) is 21.2 Å². The number of nitrogens with one attached hydrogen (secondary N) is 1. The fourth-order valence-corrected chi connectivity index (χ4v) is 4.68. The molecule has 0 aromatic carbocycles. The summed E-state index contributed by atoms with van der Waals surface area (Å²) in [6.07, 6.45) is 4.74. The molecule has 0 spiro atoms. The van der Waals surface area contributed by atoms with Gasteiger partial charge in [0.15, 0.2) is 0 Å². The standard InChI is InChI=1S/C14H14BrNO3S/c15-10-4-3-9(20-10)6-16-13(17)11-7-1-2-8(5-7)12(11)14(18)19/h1-4,7-8,11-12H,5-6H2,(H,16,17)(H,18,19). The molecular formula is C14H14BrNO3S. The number of fused-ring (bicyclic) bond motifs is 2. The monoisotopic (exact) mass is 355 g/mol. The van der Waals surface area contributed by atoms with Crippen LogP contribution in [0.3, 0.4) is 0 Å². The molecule has 6 heteroatoms. The van der Waals surface area contributed by atoms with Crippen LogP contribution in [0.25, 0.3) is 0 Å². The lowest BCUT2D eigenvalue weighted by Crippen LogP contribution is -2.39. The number of aliphatic carboxylic acids is 1. The fraction of sp³-hybridized carbons (Fsp3) is 0.429. The van der Waals surface area contributed by atoms with Gasteiger partial charge in [0.05, 0.1) is 22.2 Å². The average Bonchev–Trinajstić information content (AvgIpc) is 3.10. The molecule has 1 amide bonds. The lowest BCUT2D eigenvalue weighted by molar-refractivity contribution is -0.147. The Morgan fingerprint density at radius 3 is 2.60 bits per heavy atom. The first kappa shape index (κ1) is 13.8. The van der Waals surface area contributed by atoms with Crippen molar-refractivity contribution in [2.45, 2.75) is 13.0 Å². The van der Waals surface area contributed by atoms with Crippen LogP contribution in [0.2, 0.25) is 0 Å². The lowest BCUT2D eigenvalue weighted by Gasteiger charge is -2.23. The molecule has 1 saturated carbocycles. The molecule has 0 aliphatic heterocycles. The Balaban J connectivity index is 1.67. The Bertz CT molecular complexity index is 583. The number of carbonyl (C=O) groups is 2. The normalized spacial score (nSPS) is 30.6. The van der Waals surface area contributed by atoms with E-state index in [9.17, 15) is 14.7 Å². The van der Waals surface area contributed by atoms with E-state index in [4.69, 9.17) is 0 Å². The van der Waals surface area contributed by atoms with Gasteiger partial charge in [-0.25, -0.2) is 0 Å². The Labute approximate surface area is 129 Å². The Morgan fingerprint density at radius 2 is 2.00 bits per heavy atom. The number of rotatable bonds is 4. The second kappa shape index (κ2) is 5.33. The van der Waals surface area contributed by atoms with Gasteiger partial charge in [0.25, 0.3) is 0 Å². The molecule has 3 rings (SSSR count). The SMILES string of the molecule is O=C(O)C1C2C=CC(C2)C1C(=O)NCc1ccc(Br)s1. The van der Waals surface area contributed by atoms with Crippen molar-refractivity contribution in [3.05, 3.63) is 32.9 Å². The second-order valence-electron chi connectivity index (χ2n) is 5.26. The zero-order valence-electron chi connectivity index (χ0n) is 10.6. The number of carboxylic acids is 1. The minimum absolute atomic E-state index is 0.0177. The molecule has 2 bridgehead atoms. The van der Waals surface area contributed by atoms with Crippen LogP contribution in [0.4, 0.5) is 0 Å². The average molecular weight is 356 g/mol. The van der Waals surface area contributed by atoms with E-state index in [0.717, 1.165) is 15.1 Å². The second-order valence-corrected chi connectivity index (χ2v) is 7.81. The highest BCUT2D eigenvalue weighted by Crippen LogP contribution is 2.48. The zero-order chi connectivity index (χ0) is 14.3. The van der Waals surface area contributed by atoms with Gasteiger partial charge in [-0.2, -0.15) is 0 Å². The van der Waals surface area contributed by atoms with E-state index >= 15 is 0 Å². The molecule has 4 nitrogen and oxygen atoms in total. The summed E-state index contributed by atoms with van der Waals surface area (Å²) in [5.41, 5.74) is 0. The summed E-state index contributed by atoms with van der Waals surface area (Å²) >= 11 is 4.95. The van der Waals surface area contributed by atoms with Crippen LogP contribution in [0.15, 0.2) is 28.1 Å². The molecule has 4 unspecified atom stereocenters. The van der Waals surface area contributed by atoms with Crippen molar-refractivity contribution in [1.29, 1.82) is 0 Å². The van der Waals surface area contributed by atoms with Gasteiger partial charge in [-0.15, -0.1) is 11.3 Å². The van der Waals surface area contributed by atoms with Gasteiger partial charge in [0.2, 0.25) is 5.91 Å². The Kier molecular flexibility index (Phi) is 3.69. The van der Waals surface area contributed by atoms with Crippen molar-refractivity contribution in [3.8, 4) is 0 Å². The van der Waals surface area contributed by atoms with Gasteiger partial charge in [0.1, 0.15) is 0 Å². The molecule has 4 atom stereocenters. The minimum Gasteiger partial charge on any atom is -0.481 e. The third-order valence-corrected chi connectivity index (χ3v) is 5.74. The molecule has 0 saturated heterocycles. The summed E-state index contributed by atoms with van der Waals surface area (Å²) in [6.45, 7) is 0.457. The highest BCUT2D eigenvalue weighted by molar-refractivity contribution is 9.11. The fourth-order valence-electron chi connectivity index (χ4n) is 3.26. The van der Waals surface area contributed by atoms with E-state index in [1.54, 1.807) is 11.3 Å². The van der Waals surface area contributed by atoms with Crippen LogP contribution in [-0.4, -0.2) is 17.0 Å². The smallest absolute Gasteiger partial charge is 0.307 e. The largest absolute Gasteiger partial charge is 0.481 e. The van der Waals surface area contributed by atoms with Crippen LogP contribution in [0.1, 0.15) is 11.3 Å². The quantitative estimate of drug-likeness (QED) is 0.816. The number of carbonyl (C=O) groups excluding carboxylic acids is 1. The van der Waals surface area contributed by atoms with Crippen LogP contribution in [0.5, 0.6) is 0 Å². The van der Waals surface area contributed by atoms with E-state index in [0.29, 0.717) is 6.54 Å². The Morgan fingerprint density at radius 1 is 1.30 bits per heavy atom. The van der Waals surface area contributed by atoms with Gasteiger partial charge in [0, 0.05) is 4.88 Å². The van der Waals surface area contributed by atoms with Gasteiger partial charge < -0.3 is 10.4 Å². The Hall–Kier alpha value is -1.14. The van der Waals surface area contributed by atoms with E-state index < -0.39 is 17.8 Å². The molecule has 1 heterocycles. The first-order valence-corrected chi connectivity index (χ1v) is 8.10. The summed E-state index contributed by atoms with van der Waals surface area (Å²) < 4.78 is 1.02. The van der Waals surface area contributed by atoms with Gasteiger partial charge in [-0.3, -0.25) is 9.59 Å². The van der Waals surface area contributed by atoms with E-state index in [1.807, 2.05) is 24.3 Å². The highest BCUT2D eigenvalue weighted by atomic mass is 79.9. The molecule has 0 radical (unpaired) electrons. The molecule has 2 N–H and O–H groups in total. The maximum Gasteiger partial charge on any atom is 0.307 e. The topological polar surface area (TPSA) is 66.4 Å². The van der Waals surface area contributed by atoms with Crippen LogP contribution in [0, 0.1) is 23.7 Å². The molecule has 20 heavy (non-hydrogen) atoms. The minimum atomic E-state index is -0.860. The van der Waals surface area contributed by atoms with Gasteiger partial charge in [-0.05, 0) is 46.3 Å². The molecule has 2 aliphatic rings. The maximum atomic E-state index is 12.3. The van der Waals surface area contributed by atoms with Crippen LogP contribution >= 0.6 is 27.3 Å². The number of amides is 1. The first-order valence-electron chi connectivity index (χ1n) is 6.49. The maximum absolute atomic E-state index is 12.3. The van der Waals surface area contributed by atoms with Gasteiger partial charge in [-0.1, -0.05) is 12.2 Å². The number of hydrogen-bond donors (Lipinski definition) is 2. The van der Waals surface area contributed by atoms with E-state index in [1.165, 1.54) is 0 Å². The number of thiophene rings is 1. The van der Waals surface area contributed by atoms with Crippen molar-refractivity contribution in [2.75, 3.05) is 0 Å². The third kappa shape index (κ3) is 2.42. The predicted molar refractivity (Wildman–Crippen MR) is 79.2 cm³/mol. The molecule has 2 aliphatic carbocycles.